The van der Waals surface area contributed by atoms with E-state index < -0.39 is 0 Å². The summed E-state index contributed by atoms with van der Waals surface area (Å²) in [4.78, 5) is 7.25. The monoisotopic (exact) mass is 448 g/mol. The maximum atomic E-state index is 4.66. The molecule has 7 heteroatoms. The molecule has 2 atom stereocenters. The summed E-state index contributed by atoms with van der Waals surface area (Å²) in [5.74, 6) is 1.70. The molecule has 1 saturated heterocycles. The number of nitrogens with zero attached hydrogens (tertiary/aromatic N) is 4. The van der Waals surface area contributed by atoms with Crippen LogP contribution in [0.5, 0.6) is 0 Å². The van der Waals surface area contributed by atoms with Crippen molar-refractivity contribution in [2.24, 2.45) is 18.0 Å². The Morgan fingerprint density at radius 3 is 2.88 bits per heavy atom. The molecular formula is C17H33IN6. The highest BCUT2D eigenvalue weighted by molar-refractivity contribution is 14.0. The molecule has 0 aliphatic carbocycles. The van der Waals surface area contributed by atoms with Crippen LogP contribution in [0.4, 0.5) is 0 Å². The summed E-state index contributed by atoms with van der Waals surface area (Å²) in [7, 11) is 1.95. The van der Waals surface area contributed by atoms with E-state index in [1.807, 2.05) is 24.0 Å². The van der Waals surface area contributed by atoms with Gasteiger partial charge in [0.05, 0.1) is 12.2 Å². The molecule has 138 valence electrons. The van der Waals surface area contributed by atoms with Gasteiger partial charge in [-0.15, -0.1) is 24.0 Å². The summed E-state index contributed by atoms with van der Waals surface area (Å²) in [6.07, 6.45) is 4.50. The average Bonchev–Trinajstić information content (AvgIpc) is 2.95. The van der Waals surface area contributed by atoms with E-state index in [0.717, 1.165) is 30.7 Å². The molecule has 0 aromatic carbocycles. The lowest BCUT2D eigenvalue weighted by molar-refractivity contribution is 0.139. The van der Waals surface area contributed by atoms with Crippen LogP contribution < -0.4 is 10.6 Å². The van der Waals surface area contributed by atoms with Gasteiger partial charge in [-0.05, 0) is 45.2 Å². The van der Waals surface area contributed by atoms with Crippen LogP contribution >= 0.6 is 24.0 Å². The van der Waals surface area contributed by atoms with Crippen LogP contribution in [0.25, 0.3) is 0 Å². The quantitative estimate of drug-likeness (QED) is 0.398. The SMILES string of the molecule is CCNC(=NCc1ccnn1C)NCC(C)N1CCCC(C)C1.I. The van der Waals surface area contributed by atoms with Gasteiger partial charge in [-0.2, -0.15) is 5.10 Å². The predicted octanol–water partition coefficient (Wildman–Crippen LogP) is 2.21. The van der Waals surface area contributed by atoms with Crippen LogP contribution in [0.1, 0.15) is 39.3 Å². The molecule has 2 heterocycles. The van der Waals surface area contributed by atoms with Gasteiger partial charge in [0.15, 0.2) is 5.96 Å². The second-order valence-corrected chi connectivity index (χ2v) is 6.61. The van der Waals surface area contributed by atoms with E-state index in [1.165, 1.54) is 25.9 Å². The minimum absolute atomic E-state index is 0. The average molecular weight is 448 g/mol. The second kappa shape index (κ2) is 10.9. The van der Waals surface area contributed by atoms with Gasteiger partial charge in [-0.25, -0.2) is 4.99 Å². The number of aryl methyl sites for hydroxylation is 1. The van der Waals surface area contributed by atoms with Gasteiger partial charge < -0.3 is 10.6 Å². The highest BCUT2D eigenvalue weighted by atomic mass is 127. The van der Waals surface area contributed by atoms with Crippen LogP contribution in [-0.4, -0.2) is 52.9 Å². The molecule has 0 spiro atoms. The lowest BCUT2D eigenvalue weighted by atomic mass is 9.99. The van der Waals surface area contributed by atoms with Crippen molar-refractivity contribution in [3.63, 3.8) is 0 Å². The number of aromatic nitrogens is 2. The highest BCUT2D eigenvalue weighted by Gasteiger charge is 2.20. The van der Waals surface area contributed by atoms with E-state index in [2.05, 4.69) is 46.4 Å². The number of hydrogen-bond acceptors (Lipinski definition) is 3. The van der Waals surface area contributed by atoms with Gasteiger partial charge in [-0.3, -0.25) is 9.58 Å². The third-order valence-electron chi connectivity index (χ3n) is 4.54. The molecule has 2 unspecified atom stereocenters. The maximum absolute atomic E-state index is 4.66. The van der Waals surface area contributed by atoms with Crippen LogP contribution in [-0.2, 0) is 13.6 Å². The first-order chi connectivity index (χ1) is 11.1. The van der Waals surface area contributed by atoms with Crippen LogP contribution in [0.3, 0.4) is 0 Å². The van der Waals surface area contributed by atoms with Crippen molar-refractivity contribution >= 4 is 29.9 Å². The van der Waals surface area contributed by atoms with E-state index in [9.17, 15) is 0 Å². The first kappa shape index (κ1) is 21.2. The molecule has 6 nitrogen and oxygen atoms in total. The number of guanidine groups is 1. The molecule has 2 N–H and O–H groups in total. The van der Waals surface area contributed by atoms with Gasteiger partial charge >= 0.3 is 0 Å². The number of aliphatic imine (C=N–C) groups is 1. The zero-order valence-electron chi connectivity index (χ0n) is 15.5. The lowest BCUT2D eigenvalue weighted by Crippen LogP contribution is -2.48. The van der Waals surface area contributed by atoms with Crippen molar-refractivity contribution in [1.82, 2.24) is 25.3 Å². The third-order valence-corrected chi connectivity index (χ3v) is 4.54. The molecule has 0 radical (unpaired) electrons. The van der Waals surface area contributed by atoms with Crippen molar-refractivity contribution in [3.8, 4) is 0 Å². The fourth-order valence-electron chi connectivity index (χ4n) is 3.06. The Morgan fingerprint density at radius 1 is 1.46 bits per heavy atom. The lowest BCUT2D eigenvalue weighted by Gasteiger charge is -2.35. The Kier molecular flexibility index (Phi) is 9.65. The van der Waals surface area contributed by atoms with Crippen molar-refractivity contribution in [1.29, 1.82) is 0 Å². The zero-order chi connectivity index (χ0) is 16.7. The minimum Gasteiger partial charge on any atom is -0.357 e. The molecule has 1 fully saturated rings. The molecule has 24 heavy (non-hydrogen) atoms. The van der Waals surface area contributed by atoms with Crippen LogP contribution in [0.2, 0.25) is 0 Å². The Morgan fingerprint density at radius 2 is 2.25 bits per heavy atom. The molecule has 2 rings (SSSR count). The summed E-state index contributed by atoms with van der Waals surface area (Å²) < 4.78 is 1.87. The standard InChI is InChI=1S/C17H32N6.HI/c1-5-18-17(20-12-16-8-9-21-22(16)4)19-11-15(3)23-10-6-7-14(2)13-23;/h8-9,14-15H,5-7,10-13H2,1-4H3,(H2,18,19,20);1H. The van der Waals surface area contributed by atoms with Crippen molar-refractivity contribution in [2.45, 2.75) is 46.2 Å². The first-order valence-electron chi connectivity index (χ1n) is 8.83. The number of piperidine rings is 1. The topological polar surface area (TPSA) is 57.5 Å². The summed E-state index contributed by atoms with van der Waals surface area (Å²) in [6.45, 7) is 11.6. The predicted molar refractivity (Wildman–Crippen MR) is 111 cm³/mol. The van der Waals surface area contributed by atoms with Gasteiger partial charge in [0.1, 0.15) is 0 Å². The Balaban J connectivity index is 0.00000288. The fourth-order valence-corrected chi connectivity index (χ4v) is 3.06. The molecule has 1 aromatic rings. The molecule has 0 bridgehead atoms. The highest BCUT2D eigenvalue weighted by Crippen LogP contribution is 2.17. The zero-order valence-corrected chi connectivity index (χ0v) is 17.8. The molecule has 1 aliphatic heterocycles. The Hall–Kier alpha value is -0.830. The number of likely N-dealkylation sites (tertiary alicyclic amines) is 1. The summed E-state index contributed by atoms with van der Waals surface area (Å²) in [5, 5.41) is 11.0. The number of hydrogen-bond donors (Lipinski definition) is 2. The molecule has 1 aliphatic rings. The largest absolute Gasteiger partial charge is 0.357 e. The van der Waals surface area contributed by atoms with E-state index >= 15 is 0 Å². The normalized spacial score (nSPS) is 20.3. The van der Waals surface area contributed by atoms with Gasteiger partial charge in [-0.1, -0.05) is 6.92 Å². The smallest absolute Gasteiger partial charge is 0.191 e. The Bertz CT molecular complexity index is 501. The maximum Gasteiger partial charge on any atom is 0.191 e. The van der Waals surface area contributed by atoms with Gasteiger partial charge in [0, 0.05) is 38.9 Å². The summed E-state index contributed by atoms with van der Waals surface area (Å²) >= 11 is 0. The molecule has 1 aromatic heterocycles. The fraction of sp³-hybridized carbons (Fsp3) is 0.765. The van der Waals surface area contributed by atoms with Crippen LogP contribution in [0, 0.1) is 5.92 Å². The van der Waals surface area contributed by atoms with E-state index in [0.29, 0.717) is 12.6 Å². The van der Waals surface area contributed by atoms with E-state index in [4.69, 9.17) is 0 Å². The van der Waals surface area contributed by atoms with E-state index in [-0.39, 0.29) is 24.0 Å². The van der Waals surface area contributed by atoms with Crippen molar-refractivity contribution in [3.05, 3.63) is 18.0 Å². The number of rotatable bonds is 6. The van der Waals surface area contributed by atoms with Crippen molar-refractivity contribution < 1.29 is 0 Å². The van der Waals surface area contributed by atoms with Crippen molar-refractivity contribution in [2.75, 3.05) is 26.2 Å². The van der Waals surface area contributed by atoms with Crippen LogP contribution in [0.15, 0.2) is 17.3 Å². The second-order valence-electron chi connectivity index (χ2n) is 6.61. The third kappa shape index (κ3) is 6.58. The first-order valence-corrected chi connectivity index (χ1v) is 8.83. The summed E-state index contributed by atoms with van der Waals surface area (Å²) in [5.41, 5.74) is 1.11. The Labute approximate surface area is 163 Å². The number of halogens is 1. The summed E-state index contributed by atoms with van der Waals surface area (Å²) in [6, 6.07) is 2.53. The van der Waals surface area contributed by atoms with Gasteiger partial charge in [0.2, 0.25) is 0 Å². The molecule has 0 saturated carbocycles. The van der Waals surface area contributed by atoms with Gasteiger partial charge in [0.25, 0.3) is 0 Å². The minimum atomic E-state index is 0. The number of nitrogens with one attached hydrogen (secondary N) is 2. The van der Waals surface area contributed by atoms with E-state index in [1.54, 1.807) is 0 Å². The molecule has 0 amide bonds. The molecular weight excluding hydrogens is 415 g/mol.